The lowest BCUT2D eigenvalue weighted by atomic mass is 9.88. The van der Waals surface area contributed by atoms with Gasteiger partial charge in [0.2, 0.25) is 5.13 Å². The third-order valence-electron chi connectivity index (χ3n) is 5.49. The van der Waals surface area contributed by atoms with Crippen molar-refractivity contribution in [3.8, 4) is 11.5 Å². The zero-order chi connectivity index (χ0) is 22.9. The molecule has 4 rings (SSSR count). The lowest BCUT2D eigenvalue weighted by molar-refractivity contribution is 0.155. The zero-order valence-corrected chi connectivity index (χ0v) is 20.8. The number of methoxy groups -OCH3 is 2. The molecule has 0 amide bonds. The van der Waals surface area contributed by atoms with Crippen molar-refractivity contribution in [3.63, 3.8) is 0 Å². The van der Waals surface area contributed by atoms with Gasteiger partial charge < -0.3 is 14.8 Å². The third kappa shape index (κ3) is 4.82. The SMILES string of the molecule is COc1cc2c(cc1OC)C(c1ccccc1)N(Cn1nc(NC(C)(C)C)sc1=S)CC2. The number of nitrogens with zero attached hydrogens (tertiary/aromatic N) is 3. The molecule has 1 N–H and O–H groups in total. The molecular formula is C24H30N4O2S2. The molecule has 6 nitrogen and oxygen atoms in total. The first-order chi connectivity index (χ1) is 15.3. The number of rotatable bonds is 6. The average Bonchev–Trinajstić information content (AvgIpc) is 3.09. The fraction of sp³-hybridized carbons (Fsp3) is 0.417. The van der Waals surface area contributed by atoms with E-state index in [1.54, 1.807) is 14.2 Å². The molecule has 3 aromatic rings. The van der Waals surface area contributed by atoms with Crippen molar-refractivity contribution >= 4 is 28.7 Å². The highest BCUT2D eigenvalue weighted by Gasteiger charge is 2.31. The topological polar surface area (TPSA) is 51.6 Å². The Kier molecular flexibility index (Phi) is 6.55. The van der Waals surface area contributed by atoms with Crippen LogP contribution in [0.15, 0.2) is 42.5 Å². The number of hydrogen-bond donors (Lipinski definition) is 1. The second-order valence-corrected chi connectivity index (χ2v) is 10.6. The van der Waals surface area contributed by atoms with Crippen molar-refractivity contribution in [2.75, 3.05) is 26.1 Å². The summed E-state index contributed by atoms with van der Waals surface area (Å²) in [5.74, 6) is 1.52. The van der Waals surface area contributed by atoms with Crippen LogP contribution in [0, 0.1) is 3.95 Å². The Labute approximate surface area is 198 Å². The zero-order valence-electron chi connectivity index (χ0n) is 19.2. The van der Waals surface area contributed by atoms with E-state index in [1.165, 1.54) is 28.0 Å². The monoisotopic (exact) mass is 470 g/mol. The first kappa shape index (κ1) is 22.8. The number of anilines is 1. The van der Waals surface area contributed by atoms with E-state index in [1.807, 2.05) is 10.7 Å². The molecule has 0 radical (unpaired) electrons. The van der Waals surface area contributed by atoms with Gasteiger partial charge in [0.1, 0.15) is 0 Å². The second kappa shape index (κ2) is 9.21. The van der Waals surface area contributed by atoms with E-state index in [2.05, 4.69) is 67.4 Å². The van der Waals surface area contributed by atoms with Gasteiger partial charge in [0.15, 0.2) is 15.5 Å². The predicted molar refractivity (Wildman–Crippen MR) is 133 cm³/mol. The molecule has 2 aromatic carbocycles. The van der Waals surface area contributed by atoms with Crippen LogP contribution in [0.3, 0.4) is 0 Å². The van der Waals surface area contributed by atoms with Crippen LogP contribution in [0.2, 0.25) is 0 Å². The van der Waals surface area contributed by atoms with Crippen molar-refractivity contribution in [2.24, 2.45) is 0 Å². The van der Waals surface area contributed by atoms with Gasteiger partial charge in [-0.1, -0.05) is 41.7 Å². The molecular weight excluding hydrogens is 440 g/mol. The molecule has 0 saturated heterocycles. The molecule has 1 aliphatic heterocycles. The standard InChI is InChI=1S/C24H30N4O2S2/c1-24(2,3)25-22-26-28(23(31)32-22)15-27-12-11-17-13-19(29-4)20(30-5)14-18(17)21(27)16-9-7-6-8-10-16/h6-10,13-14,21H,11-12,15H2,1-5H3,(H,25,26). The van der Waals surface area contributed by atoms with Crippen LogP contribution in [0.5, 0.6) is 11.5 Å². The highest BCUT2D eigenvalue weighted by molar-refractivity contribution is 7.73. The molecule has 2 heterocycles. The summed E-state index contributed by atoms with van der Waals surface area (Å²) >= 11 is 7.17. The molecule has 1 unspecified atom stereocenters. The molecule has 1 aromatic heterocycles. The largest absolute Gasteiger partial charge is 0.493 e. The highest BCUT2D eigenvalue weighted by Crippen LogP contribution is 2.41. The van der Waals surface area contributed by atoms with Crippen LogP contribution < -0.4 is 14.8 Å². The second-order valence-electron chi connectivity index (χ2n) is 8.97. The summed E-state index contributed by atoms with van der Waals surface area (Å²) in [6, 6.07) is 14.9. The number of aromatic nitrogens is 2. The van der Waals surface area contributed by atoms with Crippen molar-refractivity contribution in [2.45, 2.75) is 45.4 Å². The smallest absolute Gasteiger partial charge is 0.205 e. The average molecular weight is 471 g/mol. The first-order valence-corrected chi connectivity index (χ1v) is 11.9. The van der Waals surface area contributed by atoms with Gasteiger partial charge >= 0.3 is 0 Å². The van der Waals surface area contributed by atoms with E-state index in [4.69, 9.17) is 26.8 Å². The summed E-state index contributed by atoms with van der Waals surface area (Å²) in [6.07, 6.45) is 0.920. The first-order valence-electron chi connectivity index (χ1n) is 10.7. The minimum atomic E-state index is -0.0658. The Bertz CT molecular complexity index is 1140. The summed E-state index contributed by atoms with van der Waals surface area (Å²) in [7, 11) is 3.36. The number of ether oxygens (including phenoxy) is 2. The van der Waals surface area contributed by atoms with E-state index in [-0.39, 0.29) is 11.6 Å². The van der Waals surface area contributed by atoms with Gasteiger partial charge in [-0.05, 0) is 68.2 Å². The lowest BCUT2D eigenvalue weighted by Gasteiger charge is -2.38. The summed E-state index contributed by atoms with van der Waals surface area (Å²) in [6.45, 7) is 7.88. The number of benzene rings is 2. The molecule has 32 heavy (non-hydrogen) atoms. The third-order valence-corrected chi connectivity index (χ3v) is 6.72. The summed E-state index contributed by atoms with van der Waals surface area (Å²) in [4.78, 5) is 2.43. The van der Waals surface area contributed by atoms with E-state index >= 15 is 0 Å². The fourth-order valence-corrected chi connectivity index (χ4v) is 5.32. The van der Waals surface area contributed by atoms with E-state index in [0.29, 0.717) is 6.67 Å². The quantitative estimate of drug-likeness (QED) is 0.480. The minimum Gasteiger partial charge on any atom is -0.493 e. The van der Waals surface area contributed by atoms with Crippen LogP contribution >= 0.6 is 23.6 Å². The van der Waals surface area contributed by atoms with Gasteiger partial charge in [0.25, 0.3) is 0 Å². The van der Waals surface area contributed by atoms with Crippen molar-refractivity contribution in [1.82, 2.24) is 14.7 Å². The number of hydrogen-bond acceptors (Lipinski definition) is 7. The van der Waals surface area contributed by atoms with Crippen molar-refractivity contribution < 1.29 is 9.47 Å². The maximum absolute atomic E-state index is 5.65. The Hall–Kier alpha value is -2.42. The van der Waals surface area contributed by atoms with Crippen LogP contribution in [0.1, 0.15) is 43.5 Å². The Morgan fingerprint density at radius 2 is 1.81 bits per heavy atom. The Morgan fingerprint density at radius 1 is 1.12 bits per heavy atom. The fourth-order valence-electron chi connectivity index (χ4n) is 4.11. The van der Waals surface area contributed by atoms with Crippen LogP contribution in [-0.2, 0) is 13.1 Å². The maximum atomic E-state index is 5.65. The molecule has 0 bridgehead atoms. The van der Waals surface area contributed by atoms with Gasteiger partial charge in [0, 0.05) is 12.1 Å². The molecule has 1 aliphatic rings. The molecule has 0 spiro atoms. The van der Waals surface area contributed by atoms with Crippen LogP contribution in [-0.4, -0.2) is 41.0 Å². The van der Waals surface area contributed by atoms with Gasteiger partial charge in [-0.3, -0.25) is 4.90 Å². The molecule has 8 heteroatoms. The molecule has 1 atom stereocenters. The van der Waals surface area contributed by atoms with Crippen LogP contribution in [0.4, 0.5) is 5.13 Å². The molecule has 0 aliphatic carbocycles. The number of nitrogens with one attached hydrogen (secondary N) is 1. The Balaban J connectivity index is 1.73. The number of fused-ring (bicyclic) bond motifs is 1. The van der Waals surface area contributed by atoms with Gasteiger partial charge in [-0.15, -0.1) is 5.10 Å². The summed E-state index contributed by atoms with van der Waals surface area (Å²) in [5, 5.41) is 9.05. The van der Waals surface area contributed by atoms with Crippen LogP contribution in [0.25, 0.3) is 0 Å². The molecule has 0 saturated carbocycles. The van der Waals surface area contributed by atoms with E-state index < -0.39 is 0 Å². The normalized spacial score (nSPS) is 16.5. The highest BCUT2D eigenvalue weighted by atomic mass is 32.1. The molecule has 170 valence electrons. The Morgan fingerprint density at radius 3 is 2.47 bits per heavy atom. The van der Waals surface area contributed by atoms with Crippen molar-refractivity contribution in [1.29, 1.82) is 0 Å². The lowest BCUT2D eigenvalue weighted by Crippen LogP contribution is -2.37. The summed E-state index contributed by atoms with van der Waals surface area (Å²) in [5.41, 5.74) is 3.68. The summed E-state index contributed by atoms with van der Waals surface area (Å²) < 4.78 is 13.9. The van der Waals surface area contributed by atoms with E-state index in [0.717, 1.165) is 33.6 Å². The molecule has 0 fully saturated rings. The van der Waals surface area contributed by atoms with Crippen molar-refractivity contribution in [3.05, 3.63) is 63.1 Å². The van der Waals surface area contributed by atoms with Gasteiger partial charge in [-0.25, -0.2) is 4.68 Å². The maximum Gasteiger partial charge on any atom is 0.205 e. The van der Waals surface area contributed by atoms with Gasteiger partial charge in [0.05, 0.1) is 26.9 Å². The van der Waals surface area contributed by atoms with E-state index in [9.17, 15) is 0 Å². The minimum absolute atomic E-state index is 0.0658. The van der Waals surface area contributed by atoms with Gasteiger partial charge in [-0.2, -0.15) is 0 Å². The predicted octanol–water partition coefficient (Wildman–Crippen LogP) is 5.51.